The van der Waals surface area contributed by atoms with Gasteiger partial charge >= 0.3 is 0 Å². The van der Waals surface area contributed by atoms with Gasteiger partial charge in [0.25, 0.3) is 11.4 Å². The first-order chi connectivity index (χ1) is 21.0. The number of methoxy groups -OCH3 is 1. The highest BCUT2D eigenvalue weighted by atomic mass is 16.6. The Morgan fingerprint density at radius 1 is 0.727 bits per heavy atom. The number of non-ortho nitro benzene ring substituents is 1. The Labute approximate surface area is 253 Å². The minimum atomic E-state index is -0.477. The minimum Gasteiger partial charge on any atom is -0.508 e. The van der Waals surface area contributed by atoms with Gasteiger partial charge in [-0.05, 0) is 83.4 Å². The lowest BCUT2D eigenvalue weighted by atomic mass is 10.1. The molecule has 10 heteroatoms. The third-order valence-corrected chi connectivity index (χ3v) is 6.00. The third-order valence-electron chi connectivity index (χ3n) is 6.00. The van der Waals surface area contributed by atoms with Crippen molar-refractivity contribution in [2.45, 2.75) is 0 Å². The van der Waals surface area contributed by atoms with Gasteiger partial charge in [0.1, 0.15) is 5.75 Å². The molecule has 0 saturated heterocycles. The molecule has 44 heavy (non-hydrogen) atoms. The van der Waals surface area contributed by atoms with E-state index in [0.29, 0.717) is 22.6 Å². The lowest BCUT2D eigenvalue weighted by Gasteiger charge is -2.03. The fourth-order valence-corrected chi connectivity index (χ4v) is 3.64. The van der Waals surface area contributed by atoms with E-state index in [9.17, 15) is 29.7 Å². The van der Waals surface area contributed by atoms with E-state index in [2.05, 4.69) is 0 Å². The summed E-state index contributed by atoms with van der Waals surface area (Å²) in [4.78, 5) is 45.0. The van der Waals surface area contributed by atoms with Crippen molar-refractivity contribution in [2.24, 2.45) is 0 Å². The van der Waals surface area contributed by atoms with Crippen molar-refractivity contribution in [2.75, 3.05) is 14.2 Å². The molecule has 0 unspecified atom stereocenters. The molecule has 0 heterocycles. The van der Waals surface area contributed by atoms with Crippen LogP contribution >= 0.6 is 0 Å². The standard InChI is InChI=1S/C19H17NO4.C15H11NO4/c1-20(23)16-5-3-4-14(12-16)6-9-17(21)10-7-15-8-11-18(22)19(13-15)24-2;17-14-8-4-12(5-9-14)15(18)10-3-11-1-6-13(7-2-11)16(19)20/h3-13H,1-2H3;1-10,17H/p+1/b9-6+;10-3+. The lowest BCUT2D eigenvalue weighted by Crippen LogP contribution is -1.93. The molecule has 4 aromatic carbocycles. The average Bonchev–Trinajstić information content (AvgIpc) is 3.03. The van der Waals surface area contributed by atoms with Crippen LogP contribution in [0.5, 0.6) is 17.2 Å². The van der Waals surface area contributed by atoms with Crippen LogP contribution in [-0.4, -0.2) is 45.6 Å². The van der Waals surface area contributed by atoms with E-state index in [1.165, 1.54) is 74.9 Å². The summed E-state index contributed by atoms with van der Waals surface area (Å²) in [5, 5.41) is 29.2. The van der Waals surface area contributed by atoms with Crippen LogP contribution in [0.15, 0.2) is 109 Å². The number of carbonyl (C=O) groups is 2. The summed E-state index contributed by atoms with van der Waals surface area (Å²) in [7, 11) is 2.88. The summed E-state index contributed by atoms with van der Waals surface area (Å²) in [6.07, 6.45) is 9.10. The first-order valence-corrected chi connectivity index (χ1v) is 13.1. The number of carbonyl (C=O) groups excluding carboxylic acids is 2. The Morgan fingerprint density at radius 3 is 1.91 bits per heavy atom. The van der Waals surface area contributed by atoms with Crippen LogP contribution in [0, 0.1) is 15.0 Å². The highest BCUT2D eigenvalue weighted by Crippen LogP contribution is 2.26. The molecule has 0 aliphatic carbocycles. The van der Waals surface area contributed by atoms with E-state index in [1.54, 1.807) is 60.7 Å². The van der Waals surface area contributed by atoms with Crippen LogP contribution in [0.25, 0.3) is 18.2 Å². The zero-order valence-electron chi connectivity index (χ0n) is 23.9. The van der Waals surface area contributed by atoms with Crippen molar-refractivity contribution in [1.82, 2.24) is 0 Å². The lowest BCUT2D eigenvalue weighted by molar-refractivity contribution is -0.428. The molecule has 0 bridgehead atoms. The van der Waals surface area contributed by atoms with E-state index < -0.39 is 4.92 Å². The number of nitro benzene ring substituents is 1. The maximum Gasteiger partial charge on any atom is 0.269 e. The predicted molar refractivity (Wildman–Crippen MR) is 168 cm³/mol. The zero-order chi connectivity index (χ0) is 32.1. The van der Waals surface area contributed by atoms with E-state index in [4.69, 9.17) is 9.84 Å². The Kier molecular flexibility index (Phi) is 11.6. The molecule has 10 nitrogen and oxygen atoms in total. The molecule has 0 atom stereocenters. The maximum absolute atomic E-state index is 11.9. The molecule has 0 aromatic heterocycles. The van der Waals surface area contributed by atoms with Gasteiger partial charge in [0.2, 0.25) is 0 Å². The number of allylic oxidation sites excluding steroid dienone is 3. The summed E-state index contributed by atoms with van der Waals surface area (Å²) in [6, 6.07) is 23.6. The fourth-order valence-electron chi connectivity index (χ4n) is 3.64. The smallest absolute Gasteiger partial charge is 0.269 e. The minimum absolute atomic E-state index is 0.00649. The molecule has 4 aromatic rings. The van der Waals surface area contributed by atoms with Crippen molar-refractivity contribution in [3.8, 4) is 17.2 Å². The number of ether oxygens (including phenoxy) is 1. The number of nitro groups is 1. The largest absolute Gasteiger partial charge is 0.508 e. The quantitative estimate of drug-likeness (QED) is 0.0661. The van der Waals surface area contributed by atoms with Gasteiger partial charge < -0.3 is 14.9 Å². The number of phenols is 2. The SMILES string of the molecule is COc1cc(/C=C/C(=O)/C=C/c2cccc([N+](C)=O)c2)ccc1O.O=C(/C=C/c1ccc([N+](=O)[O-])cc1)c1ccc(O)cc1. The van der Waals surface area contributed by atoms with Gasteiger partial charge in [-0.15, -0.1) is 0 Å². The van der Waals surface area contributed by atoms with Crippen LogP contribution in [0.2, 0.25) is 0 Å². The second-order valence-electron chi connectivity index (χ2n) is 9.19. The number of hydrogen-bond donors (Lipinski definition) is 2. The van der Waals surface area contributed by atoms with Crippen LogP contribution in [-0.2, 0) is 4.79 Å². The molecule has 0 aliphatic heterocycles. The molecule has 0 aliphatic rings. The van der Waals surface area contributed by atoms with Crippen molar-refractivity contribution in [3.63, 3.8) is 0 Å². The van der Waals surface area contributed by atoms with Crippen LogP contribution in [0.3, 0.4) is 0 Å². The first kappa shape index (κ1) is 32.4. The molecular formula is C34H29N2O8+. The van der Waals surface area contributed by atoms with E-state index >= 15 is 0 Å². The van der Waals surface area contributed by atoms with Gasteiger partial charge in [-0.3, -0.25) is 19.7 Å². The van der Waals surface area contributed by atoms with Crippen molar-refractivity contribution >= 4 is 41.2 Å². The molecule has 0 amide bonds. The summed E-state index contributed by atoms with van der Waals surface area (Å²) in [6.45, 7) is 0. The van der Waals surface area contributed by atoms with Crippen LogP contribution < -0.4 is 4.74 Å². The molecule has 0 saturated carbocycles. The monoisotopic (exact) mass is 593 g/mol. The number of hydrogen-bond acceptors (Lipinski definition) is 8. The third kappa shape index (κ3) is 10.0. The van der Waals surface area contributed by atoms with Gasteiger partial charge in [0, 0.05) is 39.5 Å². The molecule has 222 valence electrons. The Morgan fingerprint density at radius 2 is 1.32 bits per heavy atom. The van der Waals surface area contributed by atoms with Gasteiger partial charge in [0.15, 0.2) is 30.1 Å². The van der Waals surface area contributed by atoms with E-state index in [0.717, 1.165) is 15.9 Å². The number of nitrogens with zero attached hydrogens (tertiary/aromatic N) is 2. The molecular weight excluding hydrogens is 564 g/mol. The highest BCUT2D eigenvalue weighted by Gasteiger charge is 2.06. The number of rotatable bonds is 10. The molecule has 0 spiro atoms. The maximum atomic E-state index is 11.9. The number of nitroso groups, excluding NO2 is 1. The molecule has 4 rings (SSSR count). The Bertz CT molecular complexity index is 1740. The van der Waals surface area contributed by atoms with Gasteiger partial charge in [-0.1, -0.05) is 36.4 Å². The fraction of sp³-hybridized carbons (Fsp3) is 0.0588. The average molecular weight is 594 g/mol. The van der Waals surface area contributed by atoms with E-state index in [1.807, 2.05) is 6.07 Å². The normalized spacial score (nSPS) is 10.9. The Hall–Kier alpha value is -6.16. The molecule has 2 N–H and O–H groups in total. The van der Waals surface area contributed by atoms with Crippen molar-refractivity contribution < 1.29 is 34.2 Å². The number of phenolic OH excluding ortho intramolecular Hbond substituents is 2. The summed E-state index contributed by atoms with van der Waals surface area (Å²) >= 11 is 0. The molecule has 0 fully saturated rings. The second-order valence-corrected chi connectivity index (χ2v) is 9.19. The first-order valence-electron chi connectivity index (χ1n) is 13.1. The van der Waals surface area contributed by atoms with Crippen molar-refractivity contribution in [1.29, 1.82) is 0 Å². The zero-order valence-corrected chi connectivity index (χ0v) is 23.9. The second kappa shape index (κ2) is 15.7. The number of aromatic hydroxyl groups is 2. The summed E-state index contributed by atoms with van der Waals surface area (Å²) in [5.41, 5.74) is 3.19. The van der Waals surface area contributed by atoms with Gasteiger partial charge in [-0.25, -0.2) is 0 Å². The van der Waals surface area contributed by atoms with E-state index in [-0.39, 0.29) is 28.8 Å². The summed E-state index contributed by atoms with van der Waals surface area (Å²) in [5.74, 6) is 0.0926. The topological polar surface area (TPSA) is 147 Å². The van der Waals surface area contributed by atoms with Gasteiger partial charge in [0.05, 0.1) is 12.0 Å². The molecule has 0 radical (unpaired) electrons. The summed E-state index contributed by atoms with van der Waals surface area (Å²) < 4.78 is 5.78. The highest BCUT2D eigenvalue weighted by molar-refractivity contribution is 6.07. The van der Waals surface area contributed by atoms with Gasteiger partial charge in [-0.2, -0.15) is 0 Å². The number of benzene rings is 4. The predicted octanol–water partition coefficient (Wildman–Crippen LogP) is 6.93. The Balaban J connectivity index is 0.000000244. The van der Waals surface area contributed by atoms with Crippen molar-refractivity contribution in [3.05, 3.63) is 146 Å². The number of ketones is 2. The van der Waals surface area contributed by atoms with Crippen LogP contribution in [0.1, 0.15) is 27.0 Å². The van der Waals surface area contributed by atoms with Crippen LogP contribution in [0.4, 0.5) is 11.4 Å².